The molecule has 80 valence electrons. The van der Waals surface area contributed by atoms with E-state index in [-0.39, 0.29) is 11.7 Å². The fourth-order valence-electron chi connectivity index (χ4n) is 1.21. The molecule has 0 N–H and O–H groups in total. The molecule has 0 spiro atoms. The lowest BCUT2D eigenvalue weighted by molar-refractivity contribution is -0.112. The second-order valence-electron chi connectivity index (χ2n) is 3.18. The van der Waals surface area contributed by atoms with Crippen LogP contribution in [0.4, 0.5) is 0 Å². The van der Waals surface area contributed by atoms with Gasteiger partial charge in [0.15, 0.2) is 5.78 Å². The number of benzene rings is 1. The Balaban J connectivity index is 2.96. The molecule has 0 aliphatic rings. The van der Waals surface area contributed by atoms with Crippen molar-refractivity contribution < 1.29 is 9.53 Å². The third kappa shape index (κ3) is 3.40. The summed E-state index contributed by atoms with van der Waals surface area (Å²) in [6, 6.07) is 5.79. The van der Waals surface area contributed by atoms with Crippen molar-refractivity contribution in [2.24, 2.45) is 0 Å². The summed E-state index contributed by atoms with van der Waals surface area (Å²) in [5.41, 5.74) is 2.00. The Labute approximate surface area is 94.5 Å². The maximum absolute atomic E-state index is 11.0. The molecule has 1 aromatic rings. The monoisotopic (exact) mass is 224 g/mol. The van der Waals surface area contributed by atoms with Crippen molar-refractivity contribution in [3.8, 4) is 5.75 Å². The fraction of sp³-hybridized carbons (Fsp3) is 0.250. The van der Waals surface area contributed by atoms with Gasteiger partial charge in [0.1, 0.15) is 5.75 Å². The SMILES string of the molecule is COc1ccc(C)cc1C=CC(=O)CCl. The number of halogens is 1. The number of allylic oxidation sites excluding steroid dienone is 1. The van der Waals surface area contributed by atoms with E-state index in [1.807, 2.05) is 25.1 Å². The molecule has 0 amide bonds. The minimum absolute atomic E-state index is 0.00459. The molecular formula is C12H13ClO2. The number of alkyl halides is 1. The van der Waals surface area contributed by atoms with Gasteiger partial charge in [-0.15, -0.1) is 11.6 Å². The molecule has 0 atom stereocenters. The van der Waals surface area contributed by atoms with Crippen molar-refractivity contribution in [2.75, 3.05) is 13.0 Å². The zero-order valence-corrected chi connectivity index (χ0v) is 9.54. The number of ketones is 1. The minimum atomic E-state index is -0.111. The Bertz CT molecular complexity index is 383. The molecular weight excluding hydrogens is 212 g/mol. The predicted molar refractivity (Wildman–Crippen MR) is 62.5 cm³/mol. The zero-order chi connectivity index (χ0) is 11.3. The summed E-state index contributed by atoms with van der Waals surface area (Å²) in [6.07, 6.45) is 3.18. The first-order chi connectivity index (χ1) is 7.17. The van der Waals surface area contributed by atoms with E-state index in [4.69, 9.17) is 16.3 Å². The summed E-state index contributed by atoms with van der Waals surface area (Å²) in [5.74, 6) is 0.643. The van der Waals surface area contributed by atoms with Crippen molar-refractivity contribution >= 4 is 23.5 Å². The lowest BCUT2D eigenvalue weighted by Crippen LogP contribution is -1.93. The van der Waals surface area contributed by atoms with Gasteiger partial charge in [0.05, 0.1) is 13.0 Å². The van der Waals surface area contributed by atoms with E-state index in [0.29, 0.717) is 0 Å². The number of ether oxygens (including phenoxy) is 1. The number of carbonyl (C=O) groups is 1. The Kier molecular flexibility index (Phi) is 4.37. The predicted octanol–water partition coefficient (Wildman–Crippen LogP) is 2.82. The van der Waals surface area contributed by atoms with Gasteiger partial charge in [-0.3, -0.25) is 4.79 Å². The van der Waals surface area contributed by atoms with Crippen LogP contribution in [0.3, 0.4) is 0 Å². The van der Waals surface area contributed by atoms with Crippen LogP contribution in [0, 0.1) is 6.92 Å². The number of methoxy groups -OCH3 is 1. The molecule has 0 aromatic heterocycles. The van der Waals surface area contributed by atoms with Gasteiger partial charge in [0, 0.05) is 5.56 Å². The standard InChI is InChI=1S/C12H13ClO2/c1-9-3-6-12(15-2)10(7-9)4-5-11(14)8-13/h3-7H,8H2,1-2H3. The average molecular weight is 225 g/mol. The van der Waals surface area contributed by atoms with Crippen molar-refractivity contribution in [2.45, 2.75) is 6.92 Å². The molecule has 15 heavy (non-hydrogen) atoms. The van der Waals surface area contributed by atoms with Gasteiger partial charge in [-0.25, -0.2) is 0 Å². The van der Waals surface area contributed by atoms with Crippen LogP contribution in [0.1, 0.15) is 11.1 Å². The summed E-state index contributed by atoms with van der Waals surface area (Å²) in [5, 5.41) is 0. The summed E-state index contributed by atoms with van der Waals surface area (Å²) >= 11 is 5.39. The van der Waals surface area contributed by atoms with Crippen molar-refractivity contribution in [3.05, 3.63) is 35.4 Å². The van der Waals surface area contributed by atoms with Crippen LogP contribution in [0.25, 0.3) is 6.08 Å². The van der Waals surface area contributed by atoms with Crippen LogP contribution in [0.2, 0.25) is 0 Å². The van der Waals surface area contributed by atoms with Gasteiger partial charge >= 0.3 is 0 Å². The maximum Gasteiger partial charge on any atom is 0.170 e. The van der Waals surface area contributed by atoms with Gasteiger partial charge < -0.3 is 4.74 Å². The number of aryl methyl sites for hydroxylation is 1. The molecule has 0 heterocycles. The van der Waals surface area contributed by atoms with E-state index in [0.717, 1.165) is 16.9 Å². The average Bonchev–Trinajstić information content (AvgIpc) is 2.26. The van der Waals surface area contributed by atoms with E-state index in [1.165, 1.54) is 6.08 Å². The Morgan fingerprint density at radius 1 is 1.53 bits per heavy atom. The van der Waals surface area contributed by atoms with E-state index >= 15 is 0 Å². The summed E-state index contributed by atoms with van der Waals surface area (Å²) in [4.78, 5) is 11.0. The second kappa shape index (κ2) is 5.56. The molecule has 0 saturated carbocycles. The highest BCUT2D eigenvalue weighted by Crippen LogP contribution is 2.20. The Morgan fingerprint density at radius 3 is 2.87 bits per heavy atom. The minimum Gasteiger partial charge on any atom is -0.496 e. The molecule has 0 aliphatic carbocycles. The van der Waals surface area contributed by atoms with Crippen LogP contribution >= 0.6 is 11.6 Å². The molecule has 0 unspecified atom stereocenters. The normalized spacial score (nSPS) is 10.6. The molecule has 0 radical (unpaired) electrons. The van der Waals surface area contributed by atoms with Crippen LogP contribution in [-0.4, -0.2) is 18.8 Å². The molecule has 0 bridgehead atoms. The topological polar surface area (TPSA) is 26.3 Å². The number of rotatable bonds is 4. The number of carbonyl (C=O) groups excluding carboxylic acids is 1. The Hall–Kier alpha value is -1.28. The third-order valence-electron chi connectivity index (χ3n) is 1.97. The third-order valence-corrected chi connectivity index (χ3v) is 2.23. The maximum atomic E-state index is 11.0. The van der Waals surface area contributed by atoms with Crippen molar-refractivity contribution in [1.29, 1.82) is 0 Å². The summed E-state index contributed by atoms with van der Waals surface area (Å²) in [6.45, 7) is 1.99. The van der Waals surface area contributed by atoms with E-state index < -0.39 is 0 Å². The van der Waals surface area contributed by atoms with E-state index in [2.05, 4.69) is 0 Å². The van der Waals surface area contributed by atoms with Crippen molar-refractivity contribution in [1.82, 2.24) is 0 Å². The van der Waals surface area contributed by atoms with Gasteiger partial charge in [0.25, 0.3) is 0 Å². The molecule has 0 saturated heterocycles. The highest BCUT2D eigenvalue weighted by atomic mass is 35.5. The largest absolute Gasteiger partial charge is 0.496 e. The summed E-state index contributed by atoms with van der Waals surface area (Å²) in [7, 11) is 1.60. The van der Waals surface area contributed by atoms with Crippen LogP contribution in [0.5, 0.6) is 5.75 Å². The first-order valence-corrected chi connectivity index (χ1v) is 5.12. The van der Waals surface area contributed by atoms with Gasteiger partial charge in [0.2, 0.25) is 0 Å². The number of hydrogen-bond donors (Lipinski definition) is 0. The number of hydrogen-bond acceptors (Lipinski definition) is 2. The molecule has 0 aliphatic heterocycles. The van der Waals surface area contributed by atoms with Crippen molar-refractivity contribution in [3.63, 3.8) is 0 Å². The van der Waals surface area contributed by atoms with Crippen LogP contribution in [0.15, 0.2) is 24.3 Å². The highest BCUT2D eigenvalue weighted by molar-refractivity contribution is 6.29. The molecule has 0 fully saturated rings. The highest BCUT2D eigenvalue weighted by Gasteiger charge is 2.00. The quantitative estimate of drug-likeness (QED) is 0.581. The van der Waals surface area contributed by atoms with Gasteiger partial charge in [-0.1, -0.05) is 11.6 Å². The first-order valence-electron chi connectivity index (χ1n) is 4.59. The second-order valence-corrected chi connectivity index (χ2v) is 3.45. The van der Waals surface area contributed by atoms with Crippen LogP contribution in [-0.2, 0) is 4.79 Å². The summed E-state index contributed by atoms with van der Waals surface area (Å²) < 4.78 is 5.17. The Morgan fingerprint density at radius 2 is 2.27 bits per heavy atom. The molecule has 1 rings (SSSR count). The van der Waals surface area contributed by atoms with Crippen LogP contribution < -0.4 is 4.74 Å². The molecule has 1 aromatic carbocycles. The molecule has 3 heteroatoms. The first kappa shape index (κ1) is 11.8. The molecule has 2 nitrogen and oxygen atoms in total. The lowest BCUT2D eigenvalue weighted by Gasteiger charge is -2.05. The van der Waals surface area contributed by atoms with E-state index in [1.54, 1.807) is 13.2 Å². The smallest absolute Gasteiger partial charge is 0.170 e. The fourth-order valence-corrected chi connectivity index (χ4v) is 1.30. The van der Waals surface area contributed by atoms with E-state index in [9.17, 15) is 4.79 Å². The van der Waals surface area contributed by atoms with Gasteiger partial charge in [-0.05, 0) is 31.2 Å². The van der Waals surface area contributed by atoms with Gasteiger partial charge in [-0.2, -0.15) is 0 Å². The zero-order valence-electron chi connectivity index (χ0n) is 8.79. The lowest BCUT2D eigenvalue weighted by atomic mass is 10.1.